The van der Waals surface area contributed by atoms with Gasteiger partial charge in [0.1, 0.15) is 6.10 Å². The van der Waals surface area contributed by atoms with E-state index in [9.17, 15) is 4.79 Å². The second kappa shape index (κ2) is 7.29. The van der Waals surface area contributed by atoms with E-state index in [1.807, 2.05) is 0 Å². The molecule has 0 aromatic carbocycles. The fourth-order valence-corrected chi connectivity index (χ4v) is 0.358. The second-order valence-corrected chi connectivity index (χ2v) is 2.42. The third-order valence-corrected chi connectivity index (χ3v) is 1.12. The van der Waals surface area contributed by atoms with Crippen LogP contribution in [-0.2, 0) is 4.79 Å². The average Bonchev–Trinajstić information content (AvgIpc) is 2.14. The quantitative estimate of drug-likeness (QED) is 0.193. The van der Waals surface area contributed by atoms with Crippen LogP contribution < -0.4 is 0 Å². The molecule has 7 N–H and O–H groups in total. The average molecular weight is 226 g/mol. The predicted molar refractivity (Wildman–Crippen MR) is 46.3 cm³/mol. The lowest BCUT2D eigenvalue weighted by atomic mass is 10.2. The van der Waals surface area contributed by atoms with Crippen molar-refractivity contribution in [1.82, 2.24) is 0 Å². The number of hydrogen-bond acceptors (Lipinski definition) is 7. The van der Waals surface area contributed by atoms with Gasteiger partial charge in [0, 0.05) is 6.08 Å². The topological polar surface area (TPSA) is 159 Å². The molecule has 2 unspecified atom stereocenters. The third-order valence-electron chi connectivity index (χ3n) is 1.12. The molecular formula is C7H14O8. The molecule has 0 heterocycles. The molecule has 2 atom stereocenters. The van der Waals surface area contributed by atoms with E-state index in [0.29, 0.717) is 0 Å². The van der Waals surface area contributed by atoms with Gasteiger partial charge in [-0.1, -0.05) is 6.58 Å². The monoisotopic (exact) mass is 226 g/mol. The first kappa shape index (κ1) is 16.4. The number of carboxylic acids is 1. The maximum atomic E-state index is 9.25. The van der Waals surface area contributed by atoms with Gasteiger partial charge in [-0.2, -0.15) is 0 Å². The number of aliphatic carboxylic acids is 1. The minimum Gasteiger partial charge on any atom is -0.478 e. The van der Waals surface area contributed by atoms with Gasteiger partial charge in [0.15, 0.2) is 6.10 Å². The van der Waals surface area contributed by atoms with Gasteiger partial charge >= 0.3 is 11.9 Å². The first-order chi connectivity index (χ1) is 6.66. The van der Waals surface area contributed by atoms with Crippen molar-refractivity contribution in [3.05, 3.63) is 12.7 Å². The summed E-state index contributed by atoms with van der Waals surface area (Å²) in [6, 6.07) is 0. The summed E-state index contributed by atoms with van der Waals surface area (Å²) >= 11 is 0. The molecule has 0 rings (SSSR count). The van der Waals surface area contributed by atoms with Crippen LogP contribution in [0.1, 0.15) is 0 Å². The summed E-state index contributed by atoms with van der Waals surface area (Å²) in [5, 5.41) is 57.2. The Hall–Kier alpha value is -1.03. The summed E-state index contributed by atoms with van der Waals surface area (Å²) in [7, 11) is 0. The summed E-state index contributed by atoms with van der Waals surface area (Å²) in [4.78, 5) is 9.25. The van der Waals surface area contributed by atoms with Gasteiger partial charge in [-0.25, -0.2) is 4.79 Å². The number of rotatable bonds is 4. The van der Waals surface area contributed by atoms with E-state index in [1.165, 1.54) is 0 Å². The third kappa shape index (κ3) is 9.28. The van der Waals surface area contributed by atoms with Gasteiger partial charge in [0.2, 0.25) is 0 Å². The van der Waals surface area contributed by atoms with Crippen LogP contribution in [0.4, 0.5) is 0 Å². The van der Waals surface area contributed by atoms with Crippen LogP contribution >= 0.6 is 0 Å². The number of aliphatic hydroxyl groups is 6. The van der Waals surface area contributed by atoms with Crippen molar-refractivity contribution in [3.63, 3.8) is 0 Å². The summed E-state index contributed by atoms with van der Waals surface area (Å²) < 4.78 is 0. The molecule has 90 valence electrons. The van der Waals surface area contributed by atoms with Crippen LogP contribution in [0.2, 0.25) is 0 Å². The first-order valence-corrected chi connectivity index (χ1v) is 3.66. The Morgan fingerprint density at radius 2 is 1.67 bits per heavy atom. The number of carboxylic acid groups (broad SMARTS) is 1. The van der Waals surface area contributed by atoms with Crippen molar-refractivity contribution in [3.8, 4) is 0 Å². The molecule has 0 aromatic heterocycles. The highest BCUT2D eigenvalue weighted by molar-refractivity contribution is 5.78. The Morgan fingerprint density at radius 3 is 1.73 bits per heavy atom. The molecule has 0 aliphatic heterocycles. The largest absolute Gasteiger partial charge is 0.478 e. The zero-order chi connectivity index (χ0) is 12.6. The van der Waals surface area contributed by atoms with Gasteiger partial charge in [-0.3, -0.25) is 0 Å². The molecule has 0 aliphatic rings. The van der Waals surface area contributed by atoms with Crippen LogP contribution in [0, 0.1) is 0 Å². The Labute approximate surface area is 85.0 Å². The molecule has 0 aromatic rings. The van der Waals surface area contributed by atoms with Crippen LogP contribution in [0.5, 0.6) is 0 Å². The number of carbonyl (C=O) groups is 1. The van der Waals surface area contributed by atoms with Crippen LogP contribution in [0.15, 0.2) is 12.7 Å². The van der Waals surface area contributed by atoms with Crippen molar-refractivity contribution in [2.75, 3.05) is 6.61 Å². The van der Waals surface area contributed by atoms with Gasteiger partial charge in [0.05, 0.1) is 6.61 Å². The Morgan fingerprint density at radius 1 is 1.33 bits per heavy atom. The highest BCUT2D eigenvalue weighted by Crippen LogP contribution is 2.05. The number of aliphatic hydroxyl groups excluding tert-OH is 3. The molecule has 0 bridgehead atoms. The van der Waals surface area contributed by atoms with Crippen LogP contribution in [0.3, 0.4) is 0 Å². The van der Waals surface area contributed by atoms with E-state index in [2.05, 4.69) is 6.58 Å². The summed E-state index contributed by atoms with van der Waals surface area (Å²) in [5.41, 5.74) is 0. The summed E-state index contributed by atoms with van der Waals surface area (Å²) in [6.07, 6.45) is -3.14. The zero-order valence-corrected chi connectivity index (χ0v) is 7.69. The molecule has 15 heavy (non-hydrogen) atoms. The van der Waals surface area contributed by atoms with Gasteiger partial charge in [-0.05, 0) is 0 Å². The molecule has 0 saturated heterocycles. The van der Waals surface area contributed by atoms with Gasteiger partial charge in [0.25, 0.3) is 0 Å². The Kier molecular flexibility index (Phi) is 7.97. The van der Waals surface area contributed by atoms with Crippen molar-refractivity contribution >= 4 is 5.97 Å². The van der Waals surface area contributed by atoms with Crippen molar-refractivity contribution in [2.24, 2.45) is 0 Å². The number of hydrogen-bond donors (Lipinski definition) is 7. The Bertz CT molecular complexity index is 196. The second-order valence-electron chi connectivity index (χ2n) is 2.42. The maximum absolute atomic E-state index is 9.25. The molecule has 0 fully saturated rings. The smallest absolute Gasteiger partial charge is 0.327 e. The Balaban J connectivity index is 0. The molecule has 0 saturated carbocycles. The van der Waals surface area contributed by atoms with E-state index in [0.717, 1.165) is 6.08 Å². The SMILES string of the molecule is C=CC(=O)O.OCC(O)C(O)C(O)(O)O. The zero-order valence-electron chi connectivity index (χ0n) is 7.69. The fraction of sp³-hybridized carbons (Fsp3) is 0.571. The lowest BCUT2D eigenvalue weighted by Gasteiger charge is -2.23. The fourth-order valence-electron chi connectivity index (χ4n) is 0.358. The molecule has 0 aliphatic carbocycles. The van der Waals surface area contributed by atoms with Crippen molar-refractivity contribution in [1.29, 1.82) is 0 Å². The molecular weight excluding hydrogens is 212 g/mol. The maximum Gasteiger partial charge on any atom is 0.327 e. The van der Waals surface area contributed by atoms with Crippen molar-refractivity contribution in [2.45, 2.75) is 18.2 Å². The van der Waals surface area contributed by atoms with E-state index >= 15 is 0 Å². The van der Waals surface area contributed by atoms with Crippen LogP contribution in [-0.4, -0.2) is 66.5 Å². The van der Waals surface area contributed by atoms with E-state index in [1.54, 1.807) is 0 Å². The molecule has 0 spiro atoms. The van der Waals surface area contributed by atoms with E-state index < -0.39 is 30.8 Å². The lowest BCUT2D eigenvalue weighted by molar-refractivity contribution is -0.367. The standard InChI is InChI=1S/C4H10O6.C3H4O2/c5-1-2(6)3(7)4(8,9)10;1-2-3(4)5/h2-3,5-10H,1H2;2H,1H2,(H,4,5). The predicted octanol–water partition coefficient (Wildman–Crippen LogP) is -3.41. The normalized spacial score (nSPS) is 14.5. The molecule has 8 heteroatoms. The minimum atomic E-state index is -3.37. The first-order valence-electron chi connectivity index (χ1n) is 3.66. The summed E-state index contributed by atoms with van der Waals surface area (Å²) in [5.74, 6) is -4.35. The molecule has 0 radical (unpaired) electrons. The minimum absolute atomic E-state index is 0.833. The van der Waals surface area contributed by atoms with E-state index in [4.69, 9.17) is 35.7 Å². The van der Waals surface area contributed by atoms with Gasteiger partial charge in [-0.15, -0.1) is 0 Å². The van der Waals surface area contributed by atoms with Crippen molar-refractivity contribution < 1.29 is 40.5 Å². The lowest BCUT2D eigenvalue weighted by Crippen LogP contribution is -2.50. The van der Waals surface area contributed by atoms with E-state index in [-0.39, 0.29) is 0 Å². The summed E-state index contributed by atoms with van der Waals surface area (Å²) in [6.45, 7) is 2.09. The van der Waals surface area contributed by atoms with Gasteiger partial charge < -0.3 is 35.7 Å². The highest BCUT2D eigenvalue weighted by Gasteiger charge is 2.35. The molecule has 8 nitrogen and oxygen atoms in total. The molecule has 0 amide bonds. The highest BCUT2D eigenvalue weighted by atomic mass is 16.7. The van der Waals surface area contributed by atoms with Crippen LogP contribution in [0.25, 0.3) is 0 Å².